The topological polar surface area (TPSA) is 64.5 Å². The van der Waals surface area contributed by atoms with E-state index in [1.165, 1.54) is 6.07 Å². The highest BCUT2D eigenvalue weighted by molar-refractivity contribution is 5.94. The molecule has 0 radical (unpaired) electrons. The molecule has 7 heteroatoms. The van der Waals surface area contributed by atoms with E-state index in [0.29, 0.717) is 31.0 Å². The summed E-state index contributed by atoms with van der Waals surface area (Å²) >= 11 is 0. The van der Waals surface area contributed by atoms with Gasteiger partial charge in [0.15, 0.2) is 0 Å². The Morgan fingerprint density at radius 3 is 2.67 bits per heavy atom. The minimum Gasteiger partial charge on any atom is -0.424 e. The predicted octanol–water partition coefficient (Wildman–Crippen LogP) is 4.66. The zero-order valence-electron chi connectivity index (χ0n) is 18.3. The number of aromatic nitrogens is 2. The van der Waals surface area contributed by atoms with Gasteiger partial charge >= 0.3 is 6.01 Å². The maximum absolute atomic E-state index is 13.5. The molecule has 1 atom stereocenters. The number of carbonyl (C=O) groups excluding carboxylic acids is 1. The number of amides is 1. The summed E-state index contributed by atoms with van der Waals surface area (Å²) in [7, 11) is 0. The van der Waals surface area contributed by atoms with E-state index in [2.05, 4.69) is 9.97 Å². The van der Waals surface area contributed by atoms with Crippen molar-refractivity contribution in [3.05, 3.63) is 83.9 Å². The second-order valence-electron chi connectivity index (χ2n) is 8.92. The molecule has 2 aliphatic rings. The van der Waals surface area contributed by atoms with Crippen molar-refractivity contribution in [2.75, 3.05) is 19.7 Å². The Hall–Kier alpha value is -3.32. The first-order valence-corrected chi connectivity index (χ1v) is 11.3. The summed E-state index contributed by atoms with van der Waals surface area (Å²) in [4.78, 5) is 23.1. The third-order valence-electron chi connectivity index (χ3n) is 6.58. The highest BCUT2D eigenvalue weighted by atomic mass is 19.1. The van der Waals surface area contributed by atoms with Crippen molar-refractivity contribution < 1.29 is 18.7 Å². The van der Waals surface area contributed by atoms with Crippen LogP contribution in [0.25, 0.3) is 0 Å². The van der Waals surface area contributed by atoms with Crippen LogP contribution in [0.2, 0.25) is 0 Å². The number of benzene rings is 2. The maximum Gasteiger partial charge on any atom is 0.321 e. The average molecular weight is 448 g/mol. The molecular formula is C26H26FN3O3. The van der Waals surface area contributed by atoms with Gasteiger partial charge in [0.05, 0.1) is 12.7 Å². The monoisotopic (exact) mass is 447 g/mol. The first kappa shape index (κ1) is 21.5. The molecular weight excluding hydrogens is 421 g/mol. The van der Waals surface area contributed by atoms with Crippen LogP contribution in [0.4, 0.5) is 4.39 Å². The van der Waals surface area contributed by atoms with Crippen molar-refractivity contribution in [3.8, 4) is 11.8 Å². The highest BCUT2D eigenvalue weighted by Crippen LogP contribution is 2.43. The van der Waals surface area contributed by atoms with Gasteiger partial charge in [-0.15, -0.1) is 0 Å². The normalized spacial score (nSPS) is 19.5. The van der Waals surface area contributed by atoms with Gasteiger partial charge in [0.25, 0.3) is 5.91 Å². The number of halogens is 1. The summed E-state index contributed by atoms with van der Waals surface area (Å²) in [5.41, 5.74) is 1.66. The van der Waals surface area contributed by atoms with E-state index in [9.17, 15) is 9.18 Å². The number of hydrogen-bond donors (Lipinski definition) is 0. The molecule has 0 saturated carbocycles. The molecule has 0 N–H and O–H groups in total. The van der Waals surface area contributed by atoms with E-state index in [1.54, 1.807) is 54.9 Å². The molecule has 3 aromatic rings. The Balaban J connectivity index is 1.17. The molecule has 0 bridgehead atoms. The lowest BCUT2D eigenvalue weighted by molar-refractivity contribution is 0.0496. The lowest BCUT2D eigenvalue weighted by atomic mass is 9.76. The van der Waals surface area contributed by atoms with Crippen LogP contribution < -0.4 is 4.74 Å². The van der Waals surface area contributed by atoms with Gasteiger partial charge in [-0.2, -0.15) is 0 Å². The summed E-state index contributed by atoms with van der Waals surface area (Å²) in [5.74, 6) is 0.321. The van der Waals surface area contributed by atoms with E-state index < -0.39 is 0 Å². The molecule has 1 unspecified atom stereocenters. The van der Waals surface area contributed by atoms with Gasteiger partial charge in [0.1, 0.15) is 11.6 Å². The van der Waals surface area contributed by atoms with Crippen molar-refractivity contribution in [1.82, 2.24) is 14.9 Å². The second-order valence-corrected chi connectivity index (χ2v) is 8.92. The fourth-order valence-electron chi connectivity index (χ4n) is 4.80. The molecule has 2 saturated heterocycles. The summed E-state index contributed by atoms with van der Waals surface area (Å²) in [5, 5.41) is 0. The molecule has 170 valence electrons. The number of likely N-dealkylation sites (tertiary alicyclic amines) is 1. The number of rotatable bonds is 5. The van der Waals surface area contributed by atoms with E-state index in [4.69, 9.17) is 9.47 Å². The number of piperidine rings is 1. The molecule has 5 rings (SSSR count). The lowest BCUT2D eigenvalue weighted by Gasteiger charge is -2.38. The van der Waals surface area contributed by atoms with Crippen LogP contribution >= 0.6 is 0 Å². The third-order valence-corrected chi connectivity index (χ3v) is 6.58. The zero-order chi connectivity index (χ0) is 22.7. The molecule has 1 aromatic heterocycles. The molecule has 2 fully saturated rings. The van der Waals surface area contributed by atoms with E-state index in [1.807, 2.05) is 11.0 Å². The van der Waals surface area contributed by atoms with E-state index in [-0.39, 0.29) is 29.3 Å². The zero-order valence-corrected chi connectivity index (χ0v) is 18.3. The van der Waals surface area contributed by atoms with Gasteiger partial charge in [-0.3, -0.25) is 4.79 Å². The van der Waals surface area contributed by atoms with Crippen LogP contribution in [-0.2, 0) is 11.2 Å². The molecule has 3 heterocycles. The largest absolute Gasteiger partial charge is 0.424 e. The number of hydrogen-bond acceptors (Lipinski definition) is 5. The number of nitrogens with zero attached hydrogens (tertiary/aromatic N) is 3. The molecule has 0 aliphatic carbocycles. The first-order valence-electron chi connectivity index (χ1n) is 11.3. The lowest BCUT2D eigenvalue weighted by Crippen LogP contribution is -2.43. The smallest absolute Gasteiger partial charge is 0.321 e. The molecule has 2 aliphatic heterocycles. The average Bonchev–Trinajstić information content (AvgIpc) is 3.21. The van der Waals surface area contributed by atoms with Gasteiger partial charge in [0.2, 0.25) is 0 Å². The quantitative estimate of drug-likeness (QED) is 0.569. The highest BCUT2D eigenvalue weighted by Gasteiger charge is 2.43. The molecule has 6 nitrogen and oxygen atoms in total. The minimum absolute atomic E-state index is 0.000457. The third kappa shape index (κ3) is 5.03. The van der Waals surface area contributed by atoms with Gasteiger partial charge in [0, 0.05) is 31.0 Å². The Morgan fingerprint density at radius 2 is 1.88 bits per heavy atom. The standard InChI is InChI=1S/C26H26FN3O3/c27-21-6-1-4-19(14-21)15-23-17-26(18-32-23)8-12-30(13-9-26)24(31)20-5-2-7-22(16-20)33-25-28-10-3-11-29-25/h1-7,10-11,14,16,23H,8-9,12-13,15,17-18H2. The summed E-state index contributed by atoms with van der Waals surface area (Å²) in [6, 6.07) is 15.8. The van der Waals surface area contributed by atoms with Crippen molar-refractivity contribution in [2.45, 2.75) is 31.8 Å². The molecule has 33 heavy (non-hydrogen) atoms. The summed E-state index contributed by atoms with van der Waals surface area (Å²) in [6.45, 7) is 2.10. The van der Waals surface area contributed by atoms with Crippen LogP contribution in [-0.4, -0.2) is 46.6 Å². The summed E-state index contributed by atoms with van der Waals surface area (Å²) in [6.07, 6.45) is 6.81. The SMILES string of the molecule is O=C(c1cccc(Oc2ncccn2)c1)N1CCC2(CC1)COC(Cc1cccc(F)c1)C2. The van der Waals surface area contributed by atoms with Gasteiger partial charge < -0.3 is 14.4 Å². The van der Waals surface area contributed by atoms with Crippen molar-refractivity contribution >= 4 is 5.91 Å². The predicted molar refractivity (Wildman–Crippen MR) is 121 cm³/mol. The fourth-order valence-corrected chi connectivity index (χ4v) is 4.80. The molecule has 2 aromatic carbocycles. The number of ether oxygens (including phenoxy) is 2. The second kappa shape index (κ2) is 9.27. The Bertz CT molecular complexity index is 1120. The van der Waals surface area contributed by atoms with Crippen molar-refractivity contribution in [1.29, 1.82) is 0 Å². The van der Waals surface area contributed by atoms with Crippen LogP contribution in [0.5, 0.6) is 11.8 Å². The minimum atomic E-state index is -0.210. The van der Waals surface area contributed by atoms with Crippen LogP contribution in [0.3, 0.4) is 0 Å². The fraction of sp³-hybridized carbons (Fsp3) is 0.346. The summed E-state index contributed by atoms with van der Waals surface area (Å²) < 4.78 is 25.2. The van der Waals surface area contributed by atoms with Crippen molar-refractivity contribution in [2.24, 2.45) is 5.41 Å². The van der Waals surface area contributed by atoms with Gasteiger partial charge in [-0.05, 0) is 73.1 Å². The number of carbonyl (C=O) groups is 1. The maximum atomic E-state index is 13.5. The Kier molecular flexibility index (Phi) is 6.05. The Morgan fingerprint density at radius 1 is 1.09 bits per heavy atom. The van der Waals surface area contributed by atoms with E-state index in [0.717, 1.165) is 31.2 Å². The van der Waals surface area contributed by atoms with Gasteiger partial charge in [-0.25, -0.2) is 14.4 Å². The molecule has 1 amide bonds. The van der Waals surface area contributed by atoms with Gasteiger partial charge in [-0.1, -0.05) is 18.2 Å². The first-order chi connectivity index (χ1) is 16.1. The van der Waals surface area contributed by atoms with Crippen LogP contribution in [0, 0.1) is 11.2 Å². The Labute approximate surface area is 192 Å². The van der Waals surface area contributed by atoms with Crippen LogP contribution in [0.1, 0.15) is 35.2 Å². The van der Waals surface area contributed by atoms with E-state index >= 15 is 0 Å². The van der Waals surface area contributed by atoms with Crippen LogP contribution in [0.15, 0.2) is 67.0 Å². The van der Waals surface area contributed by atoms with Crippen molar-refractivity contribution in [3.63, 3.8) is 0 Å². The molecule has 1 spiro atoms.